The number of amides is 3. The van der Waals surface area contributed by atoms with Crippen LogP contribution in [-0.2, 0) is 6.54 Å². The molecule has 0 saturated carbocycles. The van der Waals surface area contributed by atoms with Crippen molar-refractivity contribution in [2.24, 2.45) is 0 Å². The number of benzene rings is 3. The highest BCUT2D eigenvalue weighted by Crippen LogP contribution is 2.31. The molecule has 3 aromatic carbocycles. The fourth-order valence-electron chi connectivity index (χ4n) is 3.83. The van der Waals surface area contributed by atoms with Gasteiger partial charge in [-0.25, -0.2) is 13.6 Å². The number of carbonyl (C=O) groups excluding carboxylic acids is 2. The zero-order valence-corrected chi connectivity index (χ0v) is 18.7. The Morgan fingerprint density at radius 1 is 1.06 bits per heavy atom. The molecule has 1 N–H and O–H groups in total. The molecule has 1 saturated heterocycles. The maximum absolute atomic E-state index is 14.1. The summed E-state index contributed by atoms with van der Waals surface area (Å²) in [5, 5.41) is 3.19. The molecule has 0 aliphatic carbocycles. The van der Waals surface area contributed by atoms with E-state index in [1.54, 1.807) is 41.3 Å². The van der Waals surface area contributed by atoms with Crippen molar-refractivity contribution in [2.45, 2.75) is 19.9 Å². The lowest BCUT2D eigenvalue weighted by atomic mass is 10.1. The minimum atomic E-state index is -0.692. The van der Waals surface area contributed by atoms with Crippen molar-refractivity contribution in [1.82, 2.24) is 4.90 Å². The average molecular weight is 470 g/mol. The Labute approximate surface area is 195 Å². The van der Waals surface area contributed by atoms with E-state index in [1.165, 1.54) is 17.0 Å². The quantitative estimate of drug-likeness (QED) is 0.497. The van der Waals surface area contributed by atoms with Gasteiger partial charge in [-0.3, -0.25) is 9.69 Å². The molecule has 0 bridgehead atoms. The van der Waals surface area contributed by atoms with Crippen molar-refractivity contribution in [3.8, 4) is 0 Å². The lowest BCUT2D eigenvalue weighted by Gasteiger charge is -2.36. The van der Waals surface area contributed by atoms with Crippen LogP contribution in [0.25, 0.3) is 0 Å². The molecular weight excluding hydrogens is 448 g/mol. The molecule has 0 spiro atoms. The smallest absolute Gasteiger partial charge is 0.320 e. The molecular formula is C25H22ClF2N3O2. The van der Waals surface area contributed by atoms with Gasteiger partial charge in [0.2, 0.25) is 0 Å². The van der Waals surface area contributed by atoms with E-state index in [9.17, 15) is 18.4 Å². The number of nitrogens with zero attached hydrogens (tertiary/aromatic N) is 2. The first kappa shape index (κ1) is 22.7. The molecule has 8 heteroatoms. The van der Waals surface area contributed by atoms with Crippen molar-refractivity contribution in [3.63, 3.8) is 0 Å². The summed E-state index contributed by atoms with van der Waals surface area (Å²) in [6.07, 6.45) is 0.653. The Balaban J connectivity index is 1.59. The Morgan fingerprint density at radius 3 is 2.61 bits per heavy atom. The molecule has 170 valence electrons. The normalized spacial score (nSPS) is 13.9. The van der Waals surface area contributed by atoms with Gasteiger partial charge in [0.25, 0.3) is 5.91 Å². The van der Waals surface area contributed by atoms with E-state index in [2.05, 4.69) is 5.32 Å². The first-order valence-electron chi connectivity index (χ1n) is 10.5. The van der Waals surface area contributed by atoms with Crippen molar-refractivity contribution in [2.75, 3.05) is 23.3 Å². The van der Waals surface area contributed by atoms with Crippen LogP contribution in [0.1, 0.15) is 27.9 Å². The molecule has 1 fully saturated rings. The highest BCUT2D eigenvalue weighted by atomic mass is 35.5. The predicted octanol–water partition coefficient (Wildman–Crippen LogP) is 6.01. The number of carbonyl (C=O) groups is 2. The Morgan fingerprint density at radius 2 is 1.85 bits per heavy atom. The second kappa shape index (κ2) is 9.58. The molecule has 1 heterocycles. The summed E-state index contributed by atoms with van der Waals surface area (Å²) < 4.78 is 27.4. The number of hydrogen-bond donors (Lipinski definition) is 1. The number of halogens is 3. The molecule has 0 aromatic heterocycles. The molecule has 33 heavy (non-hydrogen) atoms. The molecule has 3 aromatic rings. The fourth-order valence-corrected chi connectivity index (χ4v) is 4.05. The Bertz CT molecular complexity index is 1220. The van der Waals surface area contributed by atoms with Gasteiger partial charge < -0.3 is 10.2 Å². The molecule has 5 nitrogen and oxygen atoms in total. The van der Waals surface area contributed by atoms with Crippen LogP contribution in [0.4, 0.5) is 25.0 Å². The standard InChI is InChI=1S/C25H22ClF2N3O2/c1-16-7-10-23(22(13-16)29-24(32)19-5-2-3-6-20(19)26)31-12-4-11-30(25(31)33)15-17-8-9-18(27)14-21(17)28/h2-3,5-10,13-14H,4,11-12,15H2,1H3,(H,29,32). The van der Waals surface area contributed by atoms with Crippen LogP contribution in [0, 0.1) is 18.6 Å². The maximum atomic E-state index is 14.1. The van der Waals surface area contributed by atoms with E-state index in [0.29, 0.717) is 41.5 Å². The number of hydrogen-bond acceptors (Lipinski definition) is 2. The van der Waals surface area contributed by atoms with Crippen molar-refractivity contribution in [1.29, 1.82) is 0 Å². The summed E-state index contributed by atoms with van der Waals surface area (Å²) in [5.41, 5.74) is 2.48. The number of rotatable bonds is 5. The van der Waals surface area contributed by atoms with Gasteiger partial charge in [0.05, 0.1) is 28.5 Å². The minimum Gasteiger partial charge on any atom is -0.320 e. The fraction of sp³-hybridized carbons (Fsp3) is 0.200. The van der Waals surface area contributed by atoms with Gasteiger partial charge in [-0.15, -0.1) is 0 Å². The largest absolute Gasteiger partial charge is 0.324 e. The summed E-state index contributed by atoms with van der Waals surface area (Å²) in [4.78, 5) is 29.2. The summed E-state index contributed by atoms with van der Waals surface area (Å²) >= 11 is 6.16. The van der Waals surface area contributed by atoms with Gasteiger partial charge in [0, 0.05) is 24.7 Å². The Kier molecular flexibility index (Phi) is 6.60. The summed E-state index contributed by atoms with van der Waals surface area (Å²) in [6.45, 7) is 2.80. The molecule has 0 unspecified atom stereocenters. The summed E-state index contributed by atoms with van der Waals surface area (Å²) in [6, 6.07) is 15.1. The van der Waals surface area contributed by atoms with E-state index in [1.807, 2.05) is 13.0 Å². The summed E-state index contributed by atoms with van der Waals surface area (Å²) in [7, 11) is 0. The third kappa shape index (κ3) is 4.98. The minimum absolute atomic E-state index is 0.0224. The van der Waals surface area contributed by atoms with Gasteiger partial charge in [-0.05, 0) is 49.2 Å². The summed E-state index contributed by atoms with van der Waals surface area (Å²) in [5.74, 6) is -1.74. The van der Waals surface area contributed by atoms with E-state index < -0.39 is 11.6 Å². The first-order valence-corrected chi connectivity index (χ1v) is 10.9. The molecule has 3 amide bonds. The predicted molar refractivity (Wildman–Crippen MR) is 125 cm³/mol. The Hall–Kier alpha value is -3.45. The van der Waals surface area contributed by atoms with Gasteiger partial charge in [-0.1, -0.05) is 35.9 Å². The number of nitrogens with one attached hydrogen (secondary N) is 1. The zero-order valence-electron chi connectivity index (χ0n) is 17.9. The van der Waals surface area contributed by atoms with E-state index in [-0.39, 0.29) is 24.0 Å². The number of aryl methyl sites for hydroxylation is 1. The molecule has 0 radical (unpaired) electrons. The highest BCUT2D eigenvalue weighted by Gasteiger charge is 2.29. The van der Waals surface area contributed by atoms with E-state index >= 15 is 0 Å². The van der Waals surface area contributed by atoms with Crippen LogP contribution in [0.3, 0.4) is 0 Å². The molecule has 0 atom stereocenters. The van der Waals surface area contributed by atoms with Crippen molar-refractivity contribution in [3.05, 3.63) is 94.0 Å². The van der Waals surface area contributed by atoms with E-state index in [0.717, 1.165) is 11.6 Å². The van der Waals surface area contributed by atoms with Crippen LogP contribution < -0.4 is 10.2 Å². The van der Waals surface area contributed by atoms with Crippen LogP contribution in [0.5, 0.6) is 0 Å². The SMILES string of the molecule is Cc1ccc(N2CCCN(Cc3ccc(F)cc3F)C2=O)c(NC(=O)c2ccccc2Cl)c1. The van der Waals surface area contributed by atoms with Crippen LogP contribution in [0.2, 0.25) is 5.02 Å². The highest BCUT2D eigenvalue weighted by molar-refractivity contribution is 6.34. The van der Waals surface area contributed by atoms with E-state index in [4.69, 9.17) is 11.6 Å². The third-order valence-corrected chi connectivity index (χ3v) is 5.83. The number of urea groups is 1. The first-order chi connectivity index (χ1) is 15.8. The van der Waals surface area contributed by atoms with Gasteiger partial charge in [-0.2, -0.15) is 0 Å². The lowest BCUT2D eigenvalue weighted by Crippen LogP contribution is -2.49. The van der Waals surface area contributed by atoms with Crippen LogP contribution in [-0.4, -0.2) is 29.9 Å². The second-order valence-electron chi connectivity index (χ2n) is 7.90. The molecule has 1 aliphatic heterocycles. The zero-order chi connectivity index (χ0) is 23.5. The monoisotopic (exact) mass is 469 g/mol. The molecule has 1 aliphatic rings. The van der Waals surface area contributed by atoms with Gasteiger partial charge in [0.15, 0.2) is 0 Å². The maximum Gasteiger partial charge on any atom is 0.324 e. The van der Waals surface area contributed by atoms with Crippen molar-refractivity contribution < 1.29 is 18.4 Å². The van der Waals surface area contributed by atoms with Crippen LogP contribution >= 0.6 is 11.6 Å². The van der Waals surface area contributed by atoms with Gasteiger partial charge in [0.1, 0.15) is 11.6 Å². The van der Waals surface area contributed by atoms with Crippen LogP contribution in [0.15, 0.2) is 60.7 Å². The topological polar surface area (TPSA) is 52.6 Å². The third-order valence-electron chi connectivity index (χ3n) is 5.50. The van der Waals surface area contributed by atoms with Gasteiger partial charge >= 0.3 is 6.03 Å². The average Bonchev–Trinajstić information content (AvgIpc) is 2.78. The van der Waals surface area contributed by atoms with Crippen molar-refractivity contribution >= 4 is 34.9 Å². The second-order valence-corrected chi connectivity index (χ2v) is 8.31. The molecule has 4 rings (SSSR count). The lowest BCUT2D eigenvalue weighted by molar-refractivity contribution is 0.102. The number of anilines is 2.